The van der Waals surface area contributed by atoms with Crippen LogP contribution in [0, 0.1) is 0 Å². The maximum atomic E-state index is 12.6. The molecule has 2 aliphatic heterocycles. The first-order valence-electron chi connectivity index (χ1n) is 7.95. The van der Waals surface area contributed by atoms with Gasteiger partial charge in [-0.2, -0.15) is 5.10 Å². The number of ether oxygens (including phenoxy) is 2. The van der Waals surface area contributed by atoms with Crippen molar-refractivity contribution in [1.82, 2.24) is 14.7 Å². The predicted octanol–water partition coefficient (Wildman–Crippen LogP) is 2.01. The summed E-state index contributed by atoms with van der Waals surface area (Å²) >= 11 is 0. The van der Waals surface area contributed by atoms with Crippen LogP contribution in [0.2, 0.25) is 0 Å². The number of carbonyl (C=O) groups excluding carboxylic acids is 1. The van der Waals surface area contributed by atoms with Gasteiger partial charge in [-0.15, -0.1) is 0 Å². The number of carbonyl (C=O) groups is 1. The lowest BCUT2D eigenvalue weighted by atomic mass is 10.0. The second-order valence-corrected chi connectivity index (χ2v) is 7.29. The maximum Gasteiger partial charge on any atom is 0.257 e. The van der Waals surface area contributed by atoms with Crippen molar-refractivity contribution in [1.29, 1.82) is 0 Å². The SMILES string of the molecule is CC1COC2(CCN(C(=O)c3cnn(C(C)(C)C)c3)CC2)O1. The fourth-order valence-electron chi connectivity index (χ4n) is 3.00. The van der Waals surface area contributed by atoms with Gasteiger partial charge in [0.05, 0.1) is 30.0 Å². The van der Waals surface area contributed by atoms with Crippen molar-refractivity contribution in [2.24, 2.45) is 0 Å². The lowest BCUT2D eigenvalue weighted by Crippen LogP contribution is -2.47. The van der Waals surface area contributed by atoms with E-state index in [1.807, 2.05) is 22.7 Å². The van der Waals surface area contributed by atoms with Gasteiger partial charge in [0.25, 0.3) is 5.91 Å². The minimum Gasteiger partial charge on any atom is -0.347 e. The van der Waals surface area contributed by atoms with Crippen molar-refractivity contribution in [2.45, 2.75) is 58.0 Å². The molecule has 3 heterocycles. The van der Waals surface area contributed by atoms with Crippen molar-refractivity contribution in [3.63, 3.8) is 0 Å². The predicted molar refractivity (Wildman–Crippen MR) is 81.6 cm³/mol. The third-order valence-corrected chi connectivity index (χ3v) is 4.33. The molecule has 2 aliphatic rings. The summed E-state index contributed by atoms with van der Waals surface area (Å²) in [6.45, 7) is 10.2. The number of nitrogens with zero attached hydrogens (tertiary/aromatic N) is 3. The topological polar surface area (TPSA) is 56.6 Å². The largest absolute Gasteiger partial charge is 0.347 e. The molecule has 1 amide bonds. The minimum absolute atomic E-state index is 0.0383. The van der Waals surface area contributed by atoms with Gasteiger partial charge in [-0.25, -0.2) is 0 Å². The molecule has 122 valence electrons. The second kappa shape index (κ2) is 5.35. The summed E-state index contributed by atoms with van der Waals surface area (Å²) in [5.41, 5.74) is 0.527. The van der Waals surface area contributed by atoms with E-state index >= 15 is 0 Å². The molecule has 0 N–H and O–H groups in total. The summed E-state index contributed by atoms with van der Waals surface area (Å²) in [7, 11) is 0. The first kappa shape index (κ1) is 15.5. The zero-order valence-corrected chi connectivity index (χ0v) is 13.8. The van der Waals surface area contributed by atoms with Crippen molar-refractivity contribution in [3.8, 4) is 0 Å². The highest BCUT2D eigenvalue weighted by Gasteiger charge is 2.43. The van der Waals surface area contributed by atoms with Gasteiger partial charge in [0.1, 0.15) is 0 Å². The minimum atomic E-state index is -0.466. The highest BCUT2D eigenvalue weighted by Crippen LogP contribution is 2.34. The molecule has 6 nitrogen and oxygen atoms in total. The van der Waals surface area contributed by atoms with E-state index in [9.17, 15) is 4.79 Å². The molecule has 1 spiro atoms. The number of piperidine rings is 1. The molecular formula is C16H25N3O3. The van der Waals surface area contributed by atoms with Crippen LogP contribution in [0.5, 0.6) is 0 Å². The molecule has 1 aromatic heterocycles. The molecule has 3 rings (SSSR count). The van der Waals surface area contributed by atoms with Gasteiger partial charge in [-0.1, -0.05) is 0 Å². The van der Waals surface area contributed by atoms with Gasteiger partial charge in [-0.3, -0.25) is 9.48 Å². The average molecular weight is 307 g/mol. The van der Waals surface area contributed by atoms with Gasteiger partial charge in [0, 0.05) is 32.1 Å². The summed E-state index contributed by atoms with van der Waals surface area (Å²) < 4.78 is 13.5. The van der Waals surface area contributed by atoms with Crippen molar-refractivity contribution < 1.29 is 14.3 Å². The quantitative estimate of drug-likeness (QED) is 0.796. The Hall–Kier alpha value is -1.40. The van der Waals surface area contributed by atoms with Crippen molar-refractivity contribution in [2.75, 3.05) is 19.7 Å². The highest BCUT2D eigenvalue weighted by atomic mass is 16.7. The molecule has 2 saturated heterocycles. The van der Waals surface area contributed by atoms with E-state index in [-0.39, 0.29) is 17.6 Å². The normalized spacial score (nSPS) is 24.9. The van der Waals surface area contributed by atoms with E-state index in [1.54, 1.807) is 6.20 Å². The third-order valence-electron chi connectivity index (χ3n) is 4.33. The summed E-state index contributed by atoms with van der Waals surface area (Å²) in [6, 6.07) is 0. The van der Waals surface area contributed by atoms with E-state index in [1.165, 1.54) is 0 Å². The summed E-state index contributed by atoms with van der Waals surface area (Å²) in [5.74, 6) is -0.428. The van der Waals surface area contributed by atoms with Crippen LogP contribution in [-0.4, -0.2) is 52.2 Å². The van der Waals surface area contributed by atoms with Crippen LogP contribution in [0.3, 0.4) is 0 Å². The fraction of sp³-hybridized carbons (Fsp3) is 0.750. The molecule has 1 unspecified atom stereocenters. The molecule has 0 aromatic carbocycles. The monoisotopic (exact) mass is 307 g/mol. The first-order valence-corrected chi connectivity index (χ1v) is 7.95. The summed E-state index contributed by atoms with van der Waals surface area (Å²) in [5, 5.41) is 4.30. The Morgan fingerprint density at radius 1 is 1.36 bits per heavy atom. The van der Waals surface area contributed by atoms with E-state index in [0.29, 0.717) is 25.3 Å². The third kappa shape index (κ3) is 2.90. The standard InChI is InChI=1S/C16H25N3O3/c1-12-11-21-16(22-12)5-7-18(8-6-16)14(20)13-9-17-19(10-13)15(2,3)4/h9-10,12H,5-8,11H2,1-4H3. The lowest BCUT2D eigenvalue weighted by molar-refractivity contribution is -0.189. The molecule has 0 saturated carbocycles. The molecular weight excluding hydrogens is 282 g/mol. The maximum absolute atomic E-state index is 12.6. The first-order chi connectivity index (χ1) is 10.3. The van der Waals surface area contributed by atoms with E-state index in [2.05, 4.69) is 25.9 Å². The second-order valence-electron chi connectivity index (χ2n) is 7.29. The van der Waals surface area contributed by atoms with Gasteiger partial charge in [0.15, 0.2) is 5.79 Å². The molecule has 6 heteroatoms. The Bertz CT molecular complexity index is 553. The zero-order chi connectivity index (χ0) is 16.0. The van der Waals surface area contributed by atoms with Gasteiger partial charge in [0.2, 0.25) is 0 Å². The van der Waals surface area contributed by atoms with E-state index < -0.39 is 5.79 Å². The lowest BCUT2D eigenvalue weighted by Gasteiger charge is -2.37. The molecule has 1 aromatic rings. The highest BCUT2D eigenvalue weighted by molar-refractivity contribution is 5.93. The van der Waals surface area contributed by atoms with Crippen LogP contribution >= 0.6 is 0 Å². The van der Waals surface area contributed by atoms with Gasteiger partial charge in [-0.05, 0) is 27.7 Å². The molecule has 0 radical (unpaired) electrons. The van der Waals surface area contributed by atoms with Crippen LogP contribution in [-0.2, 0) is 15.0 Å². The van der Waals surface area contributed by atoms with E-state index in [0.717, 1.165) is 12.8 Å². The molecule has 1 atom stereocenters. The summed E-state index contributed by atoms with van der Waals surface area (Å²) in [6.07, 6.45) is 5.10. The van der Waals surface area contributed by atoms with Crippen LogP contribution in [0.4, 0.5) is 0 Å². The Kier molecular flexibility index (Phi) is 3.77. The van der Waals surface area contributed by atoms with E-state index in [4.69, 9.17) is 9.47 Å². The molecule has 0 aliphatic carbocycles. The Morgan fingerprint density at radius 2 is 2.05 bits per heavy atom. The smallest absolute Gasteiger partial charge is 0.257 e. The van der Waals surface area contributed by atoms with Crippen LogP contribution in [0.1, 0.15) is 50.9 Å². The summed E-state index contributed by atoms with van der Waals surface area (Å²) in [4.78, 5) is 14.5. The zero-order valence-electron chi connectivity index (χ0n) is 13.8. The van der Waals surface area contributed by atoms with Gasteiger partial charge >= 0.3 is 0 Å². The Labute approximate surface area is 131 Å². The average Bonchev–Trinajstić information content (AvgIpc) is 3.06. The molecule has 0 bridgehead atoms. The Morgan fingerprint density at radius 3 is 2.55 bits per heavy atom. The number of rotatable bonds is 1. The van der Waals surface area contributed by atoms with Gasteiger partial charge < -0.3 is 14.4 Å². The van der Waals surface area contributed by atoms with Crippen molar-refractivity contribution >= 4 is 5.91 Å². The van der Waals surface area contributed by atoms with Crippen LogP contribution in [0.25, 0.3) is 0 Å². The number of aromatic nitrogens is 2. The molecule has 2 fully saturated rings. The number of hydrogen-bond donors (Lipinski definition) is 0. The van der Waals surface area contributed by atoms with Crippen LogP contribution < -0.4 is 0 Å². The molecule has 22 heavy (non-hydrogen) atoms. The number of amides is 1. The Balaban J connectivity index is 1.64. The fourth-order valence-corrected chi connectivity index (χ4v) is 3.00. The number of likely N-dealkylation sites (tertiary alicyclic amines) is 1. The van der Waals surface area contributed by atoms with Crippen LogP contribution in [0.15, 0.2) is 12.4 Å². The number of hydrogen-bond acceptors (Lipinski definition) is 4. The van der Waals surface area contributed by atoms with Crippen molar-refractivity contribution in [3.05, 3.63) is 18.0 Å².